The van der Waals surface area contributed by atoms with Gasteiger partial charge in [0.25, 0.3) is 0 Å². The van der Waals surface area contributed by atoms with Crippen LogP contribution in [0.5, 0.6) is 28.7 Å². The van der Waals surface area contributed by atoms with Crippen LogP contribution in [0.15, 0.2) is 241 Å². The highest BCUT2D eigenvalue weighted by atomic mass is 79.9. The molecule has 9 aromatic carbocycles. The van der Waals surface area contributed by atoms with Gasteiger partial charge in [-0.25, -0.2) is 0 Å². The van der Waals surface area contributed by atoms with E-state index in [-0.39, 0.29) is 31.3 Å². The highest BCUT2D eigenvalue weighted by Gasteiger charge is 2.25. The molecule has 3 aliphatic rings. The molecule has 0 saturated carbocycles. The lowest BCUT2D eigenvalue weighted by molar-refractivity contribution is 0.198. The Morgan fingerprint density at radius 3 is 0.911 bits per heavy atom. The van der Waals surface area contributed by atoms with E-state index in [1.807, 2.05) is 91.0 Å². The van der Waals surface area contributed by atoms with E-state index in [4.69, 9.17) is 14.2 Å². The number of aliphatic hydroxyl groups is 3. The molecular formula is C89H102BrN3O8. The molecule has 3 atom stereocenters. The Balaban J connectivity index is 0.000000163. The molecule has 9 aromatic rings. The lowest BCUT2D eigenvalue weighted by Gasteiger charge is -2.20. The summed E-state index contributed by atoms with van der Waals surface area (Å²) in [5, 5.41) is 48.4. The van der Waals surface area contributed by atoms with Gasteiger partial charge in [0.1, 0.15) is 35.4 Å². The number of aliphatic hydroxyl groups excluding tert-OH is 3. The first-order chi connectivity index (χ1) is 49.5. The zero-order chi connectivity index (χ0) is 70.6. The summed E-state index contributed by atoms with van der Waals surface area (Å²) in [7, 11) is 6.58. The molecule has 12 heteroatoms. The van der Waals surface area contributed by atoms with Gasteiger partial charge in [-0.15, -0.1) is 0 Å². The Hall–Kier alpha value is -8.56. The van der Waals surface area contributed by atoms with Gasteiger partial charge in [-0.3, -0.25) is 0 Å². The fraction of sp³-hybridized carbons (Fsp3) is 0.326. The van der Waals surface area contributed by atoms with Gasteiger partial charge in [-0.1, -0.05) is 180 Å². The van der Waals surface area contributed by atoms with E-state index in [0.717, 1.165) is 142 Å². The minimum Gasteiger partial charge on any atom is -0.508 e. The summed E-state index contributed by atoms with van der Waals surface area (Å²) in [5.74, 6) is 3.16. The standard InChI is InChI=1S/2C30H35NO3.C29H32BrNO2/c2*1-31-20-5-9-26(31)19-22-34-28-17-13-25(14-18-28)30(24-11-15-27(33)16-12-24)29(10-6-21-32)23-7-3-2-4-8-23;1-31-19-5-9-26(31)21-33-27-17-13-24(14-18-27)29(23-11-15-25(30)16-12-23)28(10-6-20-32)22-7-3-2-4-8-22/h2*2-4,7-8,11-18,26,32-33H,5-6,9-10,19-22H2,1H3;2-4,7-8,11-18,26,32H,5-6,9-10,19-21H2,1H3/b2*30-29-;29-28-/t26-;;/m1../s1. The van der Waals surface area contributed by atoms with Crippen LogP contribution in [0.3, 0.4) is 0 Å². The average molecular weight is 1420 g/mol. The molecule has 0 aliphatic carbocycles. The molecule has 3 aliphatic heterocycles. The second kappa shape index (κ2) is 39.6. The van der Waals surface area contributed by atoms with Crippen LogP contribution in [0.1, 0.15) is 140 Å². The Morgan fingerprint density at radius 2 is 0.624 bits per heavy atom. The second-order valence-corrected chi connectivity index (χ2v) is 27.6. The normalized spacial score (nSPS) is 17.0. The first-order valence-electron chi connectivity index (χ1n) is 36.3. The Morgan fingerprint density at radius 1 is 0.347 bits per heavy atom. The molecule has 12 rings (SSSR count). The highest BCUT2D eigenvalue weighted by molar-refractivity contribution is 9.10. The quantitative estimate of drug-likeness (QED) is 0.0287. The summed E-state index contributed by atoms with van der Waals surface area (Å²) < 4.78 is 19.3. The number of ether oxygens (including phenoxy) is 3. The molecule has 0 spiro atoms. The SMILES string of the molecule is CN1CCCC1CCOc1ccc(/C(=C(/CCCO)c2ccccc2)c2ccc(O)cc2)cc1.CN1CCCC1COc1ccc(/C(=C(/CCCO)c2ccccc2)c2ccc(Br)cc2)cc1.CN1CCC[C@@H]1CCOc1ccc(/C(=C(/CCCO)c2ccccc2)c2ccc(O)cc2)cc1. The number of rotatable bonds is 29. The van der Waals surface area contributed by atoms with Gasteiger partial charge in [-0.05, 0) is 287 Å². The minimum absolute atomic E-state index is 0.141. The smallest absolute Gasteiger partial charge is 0.119 e. The Bertz CT molecular complexity index is 3820. The monoisotopic (exact) mass is 1420 g/mol. The Kier molecular flexibility index (Phi) is 29.4. The van der Waals surface area contributed by atoms with Crippen molar-refractivity contribution in [3.05, 3.63) is 291 Å². The van der Waals surface area contributed by atoms with Gasteiger partial charge in [-0.2, -0.15) is 0 Å². The number of benzene rings is 9. The number of aromatic hydroxyl groups is 2. The molecular weight excluding hydrogens is 1320 g/mol. The van der Waals surface area contributed by atoms with Crippen LogP contribution in [-0.2, 0) is 0 Å². The predicted octanol–water partition coefficient (Wildman–Crippen LogP) is 18.6. The van der Waals surface area contributed by atoms with Crippen molar-refractivity contribution in [2.24, 2.45) is 0 Å². The average Bonchev–Trinajstić information content (AvgIpc) is 1.52. The fourth-order valence-electron chi connectivity index (χ4n) is 14.2. The topological polar surface area (TPSA) is 139 Å². The summed E-state index contributed by atoms with van der Waals surface area (Å²) in [5.41, 5.74) is 17.0. The van der Waals surface area contributed by atoms with Gasteiger partial charge < -0.3 is 54.4 Å². The number of likely N-dealkylation sites (tertiary alicyclic amines) is 3. The van der Waals surface area contributed by atoms with Crippen LogP contribution < -0.4 is 14.2 Å². The number of hydrogen-bond acceptors (Lipinski definition) is 11. The van der Waals surface area contributed by atoms with Gasteiger partial charge in [0.15, 0.2) is 0 Å². The Labute approximate surface area is 608 Å². The summed E-state index contributed by atoms with van der Waals surface area (Å²) >= 11 is 3.56. The van der Waals surface area contributed by atoms with Crippen LogP contribution in [-0.4, -0.2) is 139 Å². The van der Waals surface area contributed by atoms with Crippen molar-refractivity contribution < 1.29 is 39.7 Å². The van der Waals surface area contributed by atoms with Crippen LogP contribution in [0, 0.1) is 0 Å². The minimum atomic E-state index is 0.141. The maximum atomic E-state index is 9.85. The second-order valence-electron chi connectivity index (χ2n) is 26.7. The van der Waals surface area contributed by atoms with Crippen molar-refractivity contribution in [1.82, 2.24) is 14.7 Å². The summed E-state index contributed by atoms with van der Waals surface area (Å²) in [6, 6.07) is 81.2. The van der Waals surface area contributed by atoms with Gasteiger partial charge in [0.05, 0.1) is 13.2 Å². The molecule has 528 valence electrons. The summed E-state index contributed by atoms with van der Waals surface area (Å²) in [6.45, 7) is 6.16. The zero-order valence-electron chi connectivity index (χ0n) is 59.2. The van der Waals surface area contributed by atoms with E-state index < -0.39 is 0 Å². The highest BCUT2D eigenvalue weighted by Crippen LogP contribution is 2.40. The fourth-order valence-corrected chi connectivity index (χ4v) is 14.5. The van der Waals surface area contributed by atoms with E-state index >= 15 is 0 Å². The maximum absolute atomic E-state index is 9.85. The molecule has 3 saturated heterocycles. The molecule has 3 heterocycles. The van der Waals surface area contributed by atoms with Crippen LogP contribution in [0.4, 0.5) is 0 Å². The predicted molar refractivity (Wildman–Crippen MR) is 418 cm³/mol. The molecule has 11 nitrogen and oxygen atoms in total. The lowest BCUT2D eigenvalue weighted by Crippen LogP contribution is -2.30. The molecule has 3 fully saturated rings. The van der Waals surface area contributed by atoms with Crippen molar-refractivity contribution in [2.75, 3.05) is 80.4 Å². The number of allylic oxidation sites excluding steroid dienone is 3. The van der Waals surface area contributed by atoms with Crippen molar-refractivity contribution in [3.8, 4) is 28.7 Å². The third-order valence-corrected chi connectivity index (χ3v) is 20.3. The zero-order valence-corrected chi connectivity index (χ0v) is 60.8. The molecule has 0 radical (unpaired) electrons. The third-order valence-electron chi connectivity index (χ3n) is 19.8. The molecule has 0 aromatic heterocycles. The van der Waals surface area contributed by atoms with Crippen molar-refractivity contribution in [3.63, 3.8) is 0 Å². The van der Waals surface area contributed by atoms with Crippen LogP contribution >= 0.6 is 15.9 Å². The van der Waals surface area contributed by atoms with Gasteiger partial charge in [0.2, 0.25) is 0 Å². The van der Waals surface area contributed by atoms with Crippen LogP contribution in [0.25, 0.3) is 33.4 Å². The maximum Gasteiger partial charge on any atom is 0.119 e. The first kappa shape index (κ1) is 75.1. The summed E-state index contributed by atoms with van der Waals surface area (Å²) in [4.78, 5) is 7.24. The summed E-state index contributed by atoms with van der Waals surface area (Å²) in [6.07, 6.45) is 14.0. The number of phenols is 2. The van der Waals surface area contributed by atoms with Crippen molar-refractivity contribution >= 4 is 49.4 Å². The van der Waals surface area contributed by atoms with E-state index in [2.05, 4.69) is 173 Å². The number of nitrogens with zero attached hydrogens (tertiary/aromatic N) is 3. The molecule has 101 heavy (non-hydrogen) atoms. The number of likely N-dealkylation sites (N-methyl/N-ethyl adjacent to an activating group) is 1. The van der Waals surface area contributed by atoms with Crippen LogP contribution in [0.2, 0.25) is 0 Å². The van der Waals surface area contributed by atoms with Gasteiger partial charge >= 0.3 is 0 Å². The molecule has 5 N–H and O–H groups in total. The van der Waals surface area contributed by atoms with E-state index in [1.165, 1.54) is 79.5 Å². The van der Waals surface area contributed by atoms with E-state index in [1.54, 1.807) is 24.3 Å². The molecule has 0 bridgehead atoms. The molecule has 0 amide bonds. The third kappa shape index (κ3) is 22.0. The van der Waals surface area contributed by atoms with Gasteiger partial charge in [0, 0.05) is 42.4 Å². The van der Waals surface area contributed by atoms with E-state index in [0.29, 0.717) is 31.0 Å². The van der Waals surface area contributed by atoms with E-state index in [9.17, 15) is 25.5 Å². The largest absolute Gasteiger partial charge is 0.508 e. The van der Waals surface area contributed by atoms with Crippen molar-refractivity contribution in [1.29, 1.82) is 0 Å². The molecule has 2 unspecified atom stereocenters. The number of phenolic OH excluding ortho intramolecular Hbond substituents is 2. The lowest BCUT2D eigenvalue weighted by atomic mass is 9.87. The number of hydrogen-bond donors (Lipinski definition) is 5. The van der Waals surface area contributed by atoms with Crippen molar-refractivity contribution in [2.45, 2.75) is 108 Å². The number of halogens is 1. The first-order valence-corrected chi connectivity index (χ1v) is 37.1.